The van der Waals surface area contributed by atoms with Gasteiger partial charge in [-0.15, -0.1) is 0 Å². The minimum atomic E-state index is -0.179. The van der Waals surface area contributed by atoms with Crippen molar-refractivity contribution in [2.75, 3.05) is 0 Å². The molecule has 0 N–H and O–H groups in total. The Kier molecular flexibility index (Phi) is 0.768. The Labute approximate surface area is 55.3 Å². The Morgan fingerprint density at radius 3 is 1.70 bits per heavy atom. The normalized spacial score (nSPS) is 10.8. The first kappa shape index (κ1) is 5.22. The molecule has 2 heterocycles. The van der Waals surface area contributed by atoms with E-state index in [1.54, 1.807) is 0 Å². The Morgan fingerprint density at radius 2 is 1.30 bits per heavy atom. The maximum atomic E-state index is 10.8. The zero-order chi connectivity index (χ0) is 7.14. The first-order valence-corrected chi connectivity index (χ1v) is 2.82. The number of hydrogen-bond acceptors (Lipinski definition) is 2. The molecule has 0 saturated heterocycles. The molecule has 2 rings (SSSR count). The van der Waals surface area contributed by atoms with Crippen LogP contribution in [0.15, 0.2) is 34.1 Å². The van der Waals surface area contributed by atoms with Crippen LogP contribution in [0, 0.1) is 0 Å². The minimum absolute atomic E-state index is 0.179. The largest absolute Gasteiger partial charge is 0.271 e. The highest BCUT2D eigenvalue weighted by atomic mass is 16.2. The molecule has 50 valence electrons. The van der Waals surface area contributed by atoms with Crippen molar-refractivity contribution in [1.29, 1.82) is 0 Å². The summed E-state index contributed by atoms with van der Waals surface area (Å²) in [6, 6.07) is 2.70. The molecule has 0 aliphatic heterocycles. The van der Waals surface area contributed by atoms with Crippen LogP contribution >= 0.6 is 0 Å². The maximum absolute atomic E-state index is 10.8. The highest BCUT2D eigenvalue weighted by Crippen LogP contribution is 1.77. The average Bonchev–Trinajstić information content (AvgIpc) is 2.41. The van der Waals surface area contributed by atoms with Gasteiger partial charge in [-0.2, -0.15) is 0 Å². The first-order valence-electron chi connectivity index (χ1n) is 2.82. The number of hydrogen-bond donors (Lipinski definition) is 0. The molecule has 10 heavy (non-hydrogen) atoms. The van der Waals surface area contributed by atoms with Crippen LogP contribution in [-0.4, -0.2) is 9.03 Å². The molecule has 0 spiro atoms. The predicted octanol–water partition coefficient (Wildman–Crippen LogP) is -0.803. The van der Waals surface area contributed by atoms with Gasteiger partial charge in [-0.1, -0.05) is 0 Å². The van der Waals surface area contributed by atoms with Gasteiger partial charge in [0.25, 0.3) is 11.1 Å². The van der Waals surface area contributed by atoms with Gasteiger partial charge in [-0.25, -0.2) is 9.03 Å². The zero-order valence-corrected chi connectivity index (χ0v) is 5.02. The van der Waals surface area contributed by atoms with E-state index in [2.05, 4.69) is 0 Å². The van der Waals surface area contributed by atoms with Crippen molar-refractivity contribution in [3.8, 4) is 0 Å². The van der Waals surface area contributed by atoms with Crippen LogP contribution in [0.25, 0.3) is 0 Å². The van der Waals surface area contributed by atoms with Crippen molar-refractivity contribution in [2.24, 2.45) is 0 Å². The average molecular weight is 136 g/mol. The fourth-order valence-corrected chi connectivity index (χ4v) is 0.924. The maximum Gasteiger partial charge on any atom is 0.271 e. The van der Waals surface area contributed by atoms with Gasteiger partial charge in [-0.05, 0) is 0 Å². The second kappa shape index (κ2) is 1.47. The van der Waals surface area contributed by atoms with Crippen LogP contribution < -0.4 is 11.1 Å². The van der Waals surface area contributed by atoms with E-state index in [9.17, 15) is 9.59 Å². The molecule has 2 aromatic rings. The van der Waals surface area contributed by atoms with Gasteiger partial charge >= 0.3 is 0 Å². The SMILES string of the molecule is O=c1ccn2c(=O)ccn12. The van der Waals surface area contributed by atoms with E-state index in [1.165, 1.54) is 33.6 Å². The number of rotatable bonds is 0. The van der Waals surface area contributed by atoms with E-state index in [4.69, 9.17) is 0 Å². The lowest BCUT2D eigenvalue weighted by molar-refractivity contribution is 0.808. The molecule has 0 saturated carbocycles. The Morgan fingerprint density at radius 1 is 0.900 bits per heavy atom. The van der Waals surface area contributed by atoms with Gasteiger partial charge in [-0.3, -0.25) is 9.59 Å². The lowest BCUT2D eigenvalue weighted by atomic mass is 10.7. The molecular formula is C6H4N2O2. The van der Waals surface area contributed by atoms with Gasteiger partial charge in [0, 0.05) is 24.5 Å². The predicted molar refractivity (Wildman–Crippen MR) is 34.6 cm³/mol. The van der Waals surface area contributed by atoms with Gasteiger partial charge < -0.3 is 0 Å². The summed E-state index contributed by atoms with van der Waals surface area (Å²) >= 11 is 0. The second-order valence-corrected chi connectivity index (χ2v) is 2.00. The molecule has 0 fully saturated rings. The van der Waals surface area contributed by atoms with Gasteiger partial charge in [0.2, 0.25) is 0 Å². The molecule has 0 aromatic carbocycles. The van der Waals surface area contributed by atoms with Gasteiger partial charge in [0.05, 0.1) is 0 Å². The fraction of sp³-hybridized carbons (Fsp3) is 0. The molecule has 0 aliphatic carbocycles. The van der Waals surface area contributed by atoms with Crippen LogP contribution in [0.2, 0.25) is 0 Å². The summed E-state index contributed by atoms with van der Waals surface area (Å²) in [5.41, 5.74) is -0.357. The number of aromatic nitrogens is 2. The quantitative estimate of drug-likeness (QED) is 0.475. The van der Waals surface area contributed by atoms with Gasteiger partial charge in [0.1, 0.15) is 0 Å². The fourth-order valence-electron chi connectivity index (χ4n) is 0.924. The number of nitrogens with zero attached hydrogens (tertiary/aromatic N) is 2. The highest BCUT2D eigenvalue weighted by Gasteiger charge is 1.97. The molecule has 0 unspecified atom stereocenters. The molecule has 2 aromatic heterocycles. The third-order valence-electron chi connectivity index (χ3n) is 1.40. The summed E-state index contributed by atoms with van der Waals surface area (Å²) in [5, 5.41) is 0. The van der Waals surface area contributed by atoms with Crippen molar-refractivity contribution in [2.45, 2.75) is 0 Å². The van der Waals surface area contributed by atoms with E-state index in [0.29, 0.717) is 0 Å². The summed E-state index contributed by atoms with van der Waals surface area (Å²) in [6.45, 7) is 0. The standard InChI is InChI=1S/C6H4N2O2/c9-5-1-3-7-6(10)2-4-8(5)7/h1-4H. The van der Waals surface area contributed by atoms with Crippen LogP contribution in [0.5, 0.6) is 0 Å². The number of fused-ring (bicyclic) bond motifs is 1. The highest BCUT2D eigenvalue weighted by molar-refractivity contribution is 4.93. The lowest BCUT2D eigenvalue weighted by Crippen LogP contribution is -2.12. The minimum Gasteiger partial charge on any atom is -0.267 e. The Balaban J connectivity index is 3.24. The van der Waals surface area contributed by atoms with Gasteiger partial charge in [0.15, 0.2) is 0 Å². The molecule has 0 radical (unpaired) electrons. The summed E-state index contributed by atoms with van der Waals surface area (Å²) < 4.78 is 2.50. The summed E-state index contributed by atoms with van der Waals surface area (Å²) in [7, 11) is 0. The second-order valence-electron chi connectivity index (χ2n) is 2.00. The van der Waals surface area contributed by atoms with E-state index in [0.717, 1.165) is 0 Å². The molecule has 4 heteroatoms. The van der Waals surface area contributed by atoms with E-state index in [-0.39, 0.29) is 11.1 Å². The van der Waals surface area contributed by atoms with Crippen molar-refractivity contribution in [3.05, 3.63) is 45.2 Å². The molecule has 0 bridgehead atoms. The van der Waals surface area contributed by atoms with Crippen molar-refractivity contribution < 1.29 is 0 Å². The lowest BCUT2D eigenvalue weighted by Gasteiger charge is -1.79. The van der Waals surface area contributed by atoms with E-state index >= 15 is 0 Å². The smallest absolute Gasteiger partial charge is 0.267 e. The zero-order valence-electron chi connectivity index (χ0n) is 5.02. The van der Waals surface area contributed by atoms with E-state index < -0.39 is 0 Å². The molecule has 0 amide bonds. The van der Waals surface area contributed by atoms with Crippen molar-refractivity contribution in [3.63, 3.8) is 0 Å². The summed E-state index contributed by atoms with van der Waals surface area (Å²) in [6.07, 6.45) is 2.90. The van der Waals surface area contributed by atoms with Crippen molar-refractivity contribution >= 4 is 0 Å². The van der Waals surface area contributed by atoms with Crippen LogP contribution in [0.1, 0.15) is 0 Å². The Bertz CT molecular complexity index is 409. The topological polar surface area (TPSA) is 43.0 Å². The molecule has 4 nitrogen and oxygen atoms in total. The monoisotopic (exact) mass is 136 g/mol. The van der Waals surface area contributed by atoms with Crippen LogP contribution in [0.3, 0.4) is 0 Å². The summed E-state index contributed by atoms with van der Waals surface area (Å²) in [5.74, 6) is 0. The van der Waals surface area contributed by atoms with E-state index in [1.807, 2.05) is 0 Å². The Hall–Kier alpha value is -1.58. The molecule has 0 atom stereocenters. The first-order chi connectivity index (χ1) is 4.79. The summed E-state index contributed by atoms with van der Waals surface area (Å²) in [4.78, 5) is 21.6. The van der Waals surface area contributed by atoms with Crippen LogP contribution in [-0.2, 0) is 0 Å². The third-order valence-corrected chi connectivity index (χ3v) is 1.40. The molecule has 0 aliphatic rings. The van der Waals surface area contributed by atoms with Crippen molar-refractivity contribution in [1.82, 2.24) is 9.03 Å². The van der Waals surface area contributed by atoms with Crippen LogP contribution in [0.4, 0.5) is 0 Å². The third kappa shape index (κ3) is 0.452. The molecular weight excluding hydrogens is 132 g/mol.